The summed E-state index contributed by atoms with van der Waals surface area (Å²) in [5, 5.41) is 3.18. The van der Waals surface area contributed by atoms with Gasteiger partial charge in [-0.15, -0.1) is 0 Å². The number of aryl methyl sites for hydroxylation is 2. The molecule has 1 aromatic heterocycles. The van der Waals surface area contributed by atoms with E-state index < -0.39 is 0 Å². The van der Waals surface area contributed by atoms with Crippen molar-refractivity contribution < 1.29 is 0 Å². The Bertz CT molecular complexity index is 582. The van der Waals surface area contributed by atoms with E-state index in [2.05, 4.69) is 55.9 Å². The molecule has 0 aliphatic carbocycles. The Morgan fingerprint density at radius 1 is 1.21 bits per heavy atom. The predicted octanol–water partition coefficient (Wildman–Crippen LogP) is 2.77. The van der Waals surface area contributed by atoms with E-state index in [0.717, 1.165) is 24.5 Å². The number of rotatable bonds is 4. The van der Waals surface area contributed by atoms with Crippen LogP contribution in [0, 0.1) is 20.8 Å². The summed E-state index contributed by atoms with van der Waals surface area (Å²) in [4.78, 5) is 4.84. The maximum Gasteiger partial charge on any atom is 0.110 e. The summed E-state index contributed by atoms with van der Waals surface area (Å²) in [6.45, 7) is 7.38. The minimum Gasteiger partial charge on any atom is -0.335 e. The van der Waals surface area contributed by atoms with Crippen molar-refractivity contribution >= 4 is 0 Å². The molecule has 0 saturated heterocycles. The molecule has 0 aliphatic rings. The standard InChI is InChI=1S/C16H23N3/c1-11-6-7-12(2)14(10-11)16-13(3)19(5)15(18-16)8-9-17-4/h6-7,10,17H,8-9H2,1-5H3. The molecule has 102 valence electrons. The lowest BCUT2D eigenvalue weighted by atomic mass is 10.0. The van der Waals surface area contributed by atoms with Gasteiger partial charge in [-0.05, 0) is 39.4 Å². The Labute approximate surface area is 115 Å². The molecule has 0 unspecified atom stereocenters. The molecular formula is C16H23N3. The molecule has 1 N–H and O–H groups in total. The zero-order valence-electron chi connectivity index (χ0n) is 12.5. The normalized spacial score (nSPS) is 11.0. The van der Waals surface area contributed by atoms with Crippen molar-refractivity contribution in [1.29, 1.82) is 0 Å². The van der Waals surface area contributed by atoms with Crippen LogP contribution in [0.1, 0.15) is 22.6 Å². The van der Waals surface area contributed by atoms with Crippen LogP contribution in [-0.4, -0.2) is 23.1 Å². The fraction of sp³-hybridized carbons (Fsp3) is 0.438. The van der Waals surface area contributed by atoms with Crippen molar-refractivity contribution in [3.8, 4) is 11.3 Å². The van der Waals surface area contributed by atoms with Crippen LogP contribution in [0.4, 0.5) is 0 Å². The van der Waals surface area contributed by atoms with Gasteiger partial charge in [0.1, 0.15) is 5.82 Å². The summed E-state index contributed by atoms with van der Waals surface area (Å²) in [7, 11) is 4.07. The third-order valence-electron chi connectivity index (χ3n) is 3.72. The van der Waals surface area contributed by atoms with Gasteiger partial charge in [0.25, 0.3) is 0 Å². The summed E-state index contributed by atoms with van der Waals surface area (Å²) < 4.78 is 2.20. The van der Waals surface area contributed by atoms with Crippen LogP contribution < -0.4 is 5.32 Å². The lowest BCUT2D eigenvalue weighted by Gasteiger charge is -2.06. The van der Waals surface area contributed by atoms with E-state index in [1.807, 2.05) is 7.05 Å². The molecule has 0 amide bonds. The van der Waals surface area contributed by atoms with Gasteiger partial charge in [-0.3, -0.25) is 0 Å². The Morgan fingerprint density at radius 2 is 1.95 bits per heavy atom. The van der Waals surface area contributed by atoms with E-state index in [4.69, 9.17) is 4.98 Å². The fourth-order valence-corrected chi connectivity index (χ4v) is 2.34. The quantitative estimate of drug-likeness (QED) is 0.912. The van der Waals surface area contributed by atoms with Gasteiger partial charge < -0.3 is 9.88 Å². The maximum atomic E-state index is 4.84. The first-order valence-electron chi connectivity index (χ1n) is 6.79. The second-order valence-corrected chi connectivity index (χ2v) is 5.19. The minimum atomic E-state index is 0.955. The lowest BCUT2D eigenvalue weighted by molar-refractivity contribution is 0.710. The molecule has 0 saturated carbocycles. The second-order valence-electron chi connectivity index (χ2n) is 5.19. The molecule has 3 heteroatoms. The van der Waals surface area contributed by atoms with Gasteiger partial charge in [-0.1, -0.05) is 17.7 Å². The van der Waals surface area contributed by atoms with Crippen LogP contribution in [0.5, 0.6) is 0 Å². The van der Waals surface area contributed by atoms with E-state index in [1.165, 1.54) is 22.4 Å². The molecule has 2 aromatic rings. The van der Waals surface area contributed by atoms with Crippen LogP contribution in [0.2, 0.25) is 0 Å². The number of nitrogens with zero attached hydrogens (tertiary/aromatic N) is 2. The molecule has 2 rings (SSSR count). The van der Waals surface area contributed by atoms with Gasteiger partial charge >= 0.3 is 0 Å². The van der Waals surface area contributed by atoms with Crippen LogP contribution in [0.3, 0.4) is 0 Å². The van der Waals surface area contributed by atoms with Gasteiger partial charge in [0.15, 0.2) is 0 Å². The van der Waals surface area contributed by atoms with Crippen LogP contribution in [-0.2, 0) is 13.5 Å². The number of nitrogens with one attached hydrogen (secondary N) is 1. The predicted molar refractivity (Wildman–Crippen MR) is 80.5 cm³/mol. The van der Waals surface area contributed by atoms with E-state index in [-0.39, 0.29) is 0 Å². The monoisotopic (exact) mass is 257 g/mol. The highest BCUT2D eigenvalue weighted by Crippen LogP contribution is 2.27. The highest BCUT2D eigenvalue weighted by Gasteiger charge is 2.14. The number of benzene rings is 1. The second kappa shape index (κ2) is 5.57. The van der Waals surface area contributed by atoms with Crippen molar-refractivity contribution in [2.45, 2.75) is 27.2 Å². The number of likely N-dealkylation sites (N-methyl/N-ethyl adjacent to an activating group) is 1. The molecular weight excluding hydrogens is 234 g/mol. The van der Waals surface area contributed by atoms with E-state index >= 15 is 0 Å². The van der Waals surface area contributed by atoms with Crippen molar-refractivity contribution in [3.63, 3.8) is 0 Å². The number of hydrogen-bond donors (Lipinski definition) is 1. The van der Waals surface area contributed by atoms with Crippen LogP contribution in [0.25, 0.3) is 11.3 Å². The van der Waals surface area contributed by atoms with Crippen LogP contribution >= 0.6 is 0 Å². The molecule has 0 atom stereocenters. The van der Waals surface area contributed by atoms with Gasteiger partial charge in [0.05, 0.1) is 5.69 Å². The molecule has 0 radical (unpaired) electrons. The Balaban J connectivity index is 2.47. The van der Waals surface area contributed by atoms with Gasteiger partial charge in [0, 0.05) is 31.3 Å². The Kier molecular flexibility index (Phi) is 4.05. The van der Waals surface area contributed by atoms with E-state index in [0.29, 0.717) is 0 Å². The zero-order chi connectivity index (χ0) is 14.0. The molecule has 0 fully saturated rings. The SMILES string of the molecule is CNCCc1nc(-c2cc(C)ccc2C)c(C)n1C. The average molecular weight is 257 g/mol. The summed E-state index contributed by atoms with van der Waals surface area (Å²) in [5.74, 6) is 1.14. The molecule has 1 heterocycles. The number of imidazole rings is 1. The maximum absolute atomic E-state index is 4.84. The minimum absolute atomic E-state index is 0.955. The zero-order valence-corrected chi connectivity index (χ0v) is 12.5. The van der Waals surface area contributed by atoms with Crippen molar-refractivity contribution in [2.75, 3.05) is 13.6 Å². The number of aromatic nitrogens is 2. The highest BCUT2D eigenvalue weighted by atomic mass is 15.1. The molecule has 0 bridgehead atoms. The van der Waals surface area contributed by atoms with Gasteiger partial charge in [-0.25, -0.2) is 4.98 Å². The molecule has 0 aliphatic heterocycles. The summed E-state index contributed by atoms with van der Waals surface area (Å²) in [5.41, 5.74) is 6.17. The fourth-order valence-electron chi connectivity index (χ4n) is 2.34. The summed E-state index contributed by atoms with van der Waals surface area (Å²) in [6.07, 6.45) is 0.957. The van der Waals surface area contributed by atoms with Gasteiger partial charge in [0.2, 0.25) is 0 Å². The van der Waals surface area contributed by atoms with Crippen molar-refractivity contribution in [3.05, 3.63) is 40.8 Å². The first kappa shape index (κ1) is 13.8. The molecule has 1 aromatic carbocycles. The molecule has 3 nitrogen and oxygen atoms in total. The first-order chi connectivity index (χ1) is 9.04. The first-order valence-corrected chi connectivity index (χ1v) is 6.79. The number of hydrogen-bond acceptors (Lipinski definition) is 2. The van der Waals surface area contributed by atoms with Gasteiger partial charge in [-0.2, -0.15) is 0 Å². The third-order valence-corrected chi connectivity index (χ3v) is 3.72. The smallest absolute Gasteiger partial charge is 0.110 e. The van der Waals surface area contributed by atoms with Crippen molar-refractivity contribution in [1.82, 2.24) is 14.9 Å². The largest absolute Gasteiger partial charge is 0.335 e. The van der Waals surface area contributed by atoms with Crippen molar-refractivity contribution in [2.24, 2.45) is 7.05 Å². The van der Waals surface area contributed by atoms with E-state index in [9.17, 15) is 0 Å². The Morgan fingerprint density at radius 3 is 2.63 bits per heavy atom. The molecule has 0 spiro atoms. The third kappa shape index (κ3) is 2.71. The highest BCUT2D eigenvalue weighted by molar-refractivity contribution is 5.67. The Hall–Kier alpha value is -1.61. The van der Waals surface area contributed by atoms with Crippen LogP contribution in [0.15, 0.2) is 18.2 Å². The topological polar surface area (TPSA) is 29.9 Å². The summed E-state index contributed by atoms with van der Waals surface area (Å²) >= 11 is 0. The molecule has 19 heavy (non-hydrogen) atoms. The van der Waals surface area contributed by atoms with E-state index in [1.54, 1.807) is 0 Å². The summed E-state index contributed by atoms with van der Waals surface area (Å²) in [6, 6.07) is 6.55. The average Bonchev–Trinajstić information content (AvgIpc) is 2.67. The lowest BCUT2D eigenvalue weighted by Crippen LogP contribution is -2.13.